The molecule has 2 amide bonds. The lowest BCUT2D eigenvalue weighted by Gasteiger charge is -2.38. The van der Waals surface area contributed by atoms with E-state index in [1.165, 1.54) is 61.3 Å². The molecule has 2 fully saturated rings. The van der Waals surface area contributed by atoms with Crippen LogP contribution in [0, 0.1) is 11.6 Å². The minimum absolute atomic E-state index is 0.128. The summed E-state index contributed by atoms with van der Waals surface area (Å²) >= 11 is 0. The van der Waals surface area contributed by atoms with Crippen LogP contribution < -0.4 is 4.72 Å². The second kappa shape index (κ2) is 8.30. The molecule has 0 spiro atoms. The van der Waals surface area contributed by atoms with Gasteiger partial charge in [-0.15, -0.1) is 0 Å². The summed E-state index contributed by atoms with van der Waals surface area (Å²) in [6.45, 7) is -0.760. The van der Waals surface area contributed by atoms with Crippen LogP contribution in [0.1, 0.15) is 5.56 Å². The van der Waals surface area contributed by atoms with Crippen LogP contribution in [-0.2, 0) is 16.6 Å². The van der Waals surface area contributed by atoms with Gasteiger partial charge in [-0.2, -0.15) is 17.4 Å². The van der Waals surface area contributed by atoms with Crippen LogP contribution in [0.4, 0.5) is 18.0 Å². The molecule has 2 saturated heterocycles. The van der Waals surface area contributed by atoms with Crippen molar-refractivity contribution < 1.29 is 26.4 Å². The fourth-order valence-corrected chi connectivity index (χ4v) is 5.85. The van der Waals surface area contributed by atoms with Gasteiger partial charge in [0.15, 0.2) is 5.67 Å². The van der Waals surface area contributed by atoms with E-state index in [-0.39, 0.29) is 24.1 Å². The summed E-state index contributed by atoms with van der Waals surface area (Å²) in [7, 11) is 0.315. The summed E-state index contributed by atoms with van der Waals surface area (Å²) in [5, 5.41) is 0. The molecular weight excluding hydrogens is 457 g/mol. The maximum atomic E-state index is 16.0. The number of hydrogen-bond acceptors (Lipinski definition) is 3. The van der Waals surface area contributed by atoms with Crippen LogP contribution >= 0.6 is 0 Å². The first kappa shape index (κ1) is 23.5. The highest BCUT2D eigenvalue weighted by atomic mass is 32.2. The SMILES string of the molecule is CN(C)C(=O)N1CC2(F)CN(C)S(=O)(=O)N[C@@H]2[C@@H]1Cc1cccc(-c2cccc(F)c2)c1F. The maximum absolute atomic E-state index is 16.0. The van der Waals surface area contributed by atoms with E-state index in [1.807, 2.05) is 0 Å². The molecule has 2 aliphatic heterocycles. The van der Waals surface area contributed by atoms with E-state index < -0.39 is 52.2 Å². The smallest absolute Gasteiger partial charge is 0.319 e. The third kappa shape index (κ3) is 4.20. The number of likely N-dealkylation sites (tertiary alicyclic amines) is 1. The lowest BCUT2D eigenvalue weighted by molar-refractivity contribution is 0.106. The van der Waals surface area contributed by atoms with Crippen molar-refractivity contribution >= 4 is 16.2 Å². The molecule has 0 radical (unpaired) electrons. The third-order valence-electron chi connectivity index (χ3n) is 6.22. The molecule has 0 bridgehead atoms. The molecule has 3 atom stereocenters. The fourth-order valence-electron chi connectivity index (χ4n) is 4.60. The summed E-state index contributed by atoms with van der Waals surface area (Å²) in [5.41, 5.74) is -1.39. The number of nitrogens with one attached hydrogen (secondary N) is 1. The number of urea groups is 1. The van der Waals surface area contributed by atoms with E-state index in [0.717, 1.165) is 4.31 Å². The van der Waals surface area contributed by atoms with Crippen molar-refractivity contribution in [2.24, 2.45) is 0 Å². The number of hydrogen-bond donors (Lipinski definition) is 1. The second-order valence-electron chi connectivity index (χ2n) is 8.76. The van der Waals surface area contributed by atoms with Crippen molar-refractivity contribution in [3.8, 4) is 11.1 Å². The Morgan fingerprint density at radius 2 is 1.88 bits per heavy atom. The zero-order valence-corrected chi connectivity index (χ0v) is 19.2. The largest absolute Gasteiger partial charge is 0.331 e. The van der Waals surface area contributed by atoms with Gasteiger partial charge >= 0.3 is 6.03 Å². The van der Waals surface area contributed by atoms with Crippen LogP contribution in [0.3, 0.4) is 0 Å². The first-order valence-corrected chi connectivity index (χ1v) is 11.8. The molecule has 33 heavy (non-hydrogen) atoms. The van der Waals surface area contributed by atoms with Crippen LogP contribution in [0.5, 0.6) is 0 Å². The summed E-state index contributed by atoms with van der Waals surface area (Å²) in [5.74, 6) is -1.15. The van der Waals surface area contributed by atoms with E-state index in [9.17, 15) is 17.6 Å². The van der Waals surface area contributed by atoms with E-state index >= 15 is 8.78 Å². The Morgan fingerprint density at radius 3 is 2.55 bits per heavy atom. The van der Waals surface area contributed by atoms with Gasteiger partial charge in [0.25, 0.3) is 10.2 Å². The molecule has 4 rings (SSSR count). The van der Waals surface area contributed by atoms with Crippen molar-refractivity contribution in [1.29, 1.82) is 0 Å². The highest BCUT2D eigenvalue weighted by Crippen LogP contribution is 2.38. The van der Waals surface area contributed by atoms with Crippen molar-refractivity contribution in [3.63, 3.8) is 0 Å². The molecule has 1 unspecified atom stereocenters. The molecular formula is C22H25F3N4O3S. The van der Waals surface area contributed by atoms with Crippen molar-refractivity contribution in [3.05, 3.63) is 59.7 Å². The zero-order chi connectivity index (χ0) is 24.1. The van der Waals surface area contributed by atoms with Gasteiger partial charge in [-0.05, 0) is 29.7 Å². The van der Waals surface area contributed by atoms with Crippen molar-refractivity contribution in [1.82, 2.24) is 18.8 Å². The lowest BCUT2D eigenvalue weighted by atomic mass is 9.91. The minimum Gasteiger partial charge on any atom is -0.331 e. The van der Waals surface area contributed by atoms with E-state index in [0.29, 0.717) is 5.56 Å². The van der Waals surface area contributed by atoms with Gasteiger partial charge in [0, 0.05) is 26.7 Å². The predicted octanol–water partition coefficient (Wildman–Crippen LogP) is 2.40. The Bertz CT molecular complexity index is 1190. The highest BCUT2D eigenvalue weighted by molar-refractivity contribution is 7.87. The van der Waals surface area contributed by atoms with Gasteiger partial charge in [0.05, 0.1) is 25.2 Å². The normalized spacial score (nSPS) is 26.8. The first-order valence-electron chi connectivity index (χ1n) is 10.4. The van der Waals surface area contributed by atoms with Crippen LogP contribution in [0.25, 0.3) is 11.1 Å². The number of halogens is 3. The minimum atomic E-state index is -3.96. The summed E-state index contributed by atoms with van der Waals surface area (Å²) < 4.78 is 73.2. The Balaban J connectivity index is 1.74. The van der Waals surface area contributed by atoms with Crippen LogP contribution in [0.15, 0.2) is 42.5 Å². The molecule has 0 aliphatic carbocycles. The topological polar surface area (TPSA) is 73.0 Å². The average molecular weight is 483 g/mol. The van der Waals surface area contributed by atoms with Crippen molar-refractivity contribution in [2.75, 3.05) is 34.2 Å². The molecule has 2 aliphatic rings. The Morgan fingerprint density at radius 1 is 1.18 bits per heavy atom. The number of alkyl halides is 1. The zero-order valence-electron chi connectivity index (χ0n) is 18.4. The third-order valence-corrected chi connectivity index (χ3v) is 7.72. The predicted molar refractivity (Wildman–Crippen MR) is 117 cm³/mol. The average Bonchev–Trinajstić information content (AvgIpc) is 3.00. The second-order valence-corrected chi connectivity index (χ2v) is 10.6. The molecule has 0 aromatic heterocycles. The monoisotopic (exact) mass is 482 g/mol. The lowest BCUT2D eigenvalue weighted by Crippen LogP contribution is -2.65. The molecule has 2 heterocycles. The number of nitrogens with zero attached hydrogens (tertiary/aromatic N) is 3. The van der Waals surface area contributed by atoms with E-state index in [4.69, 9.17) is 0 Å². The van der Waals surface area contributed by atoms with Gasteiger partial charge < -0.3 is 9.80 Å². The van der Waals surface area contributed by atoms with Gasteiger partial charge in [0.1, 0.15) is 11.6 Å². The van der Waals surface area contributed by atoms with E-state index in [1.54, 1.807) is 12.1 Å². The molecule has 0 saturated carbocycles. The molecule has 2 aromatic carbocycles. The van der Waals surface area contributed by atoms with Gasteiger partial charge in [-0.3, -0.25) is 0 Å². The number of rotatable bonds is 3. The van der Waals surface area contributed by atoms with Gasteiger partial charge in [-0.25, -0.2) is 18.0 Å². The van der Waals surface area contributed by atoms with Gasteiger partial charge in [0.2, 0.25) is 0 Å². The van der Waals surface area contributed by atoms with Crippen LogP contribution in [-0.4, -0.2) is 80.5 Å². The first-order chi connectivity index (χ1) is 15.4. The summed E-state index contributed by atoms with van der Waals surface area (Å²) in [6, 6.07) is 7.36. The fraction of sp³-hybridized carbons (Fsp3) is 0.409. The number of fused-ring (bicyclic) bond motifs is 1. The van der Waals surface area contributed by atoms with Crippen LogP contribution in [0.2, 0.25) is 0 Å². The van der Waals surface area contributed by atoms with E-state index in [2.05, 4.69) is 4.72 Å². The quantitative estimate of drug-likeness (QED) is 0.730. The maximum Gasteiger partial charge on any atom is 0.319 e. The summed E-state index contributed by atoms with van der Waals surface area (Å²) in [6.07, 6.45) is -0.128. The molecule has 178 valence electrons. The summed E-state index contributed by atoms with van der Waals surface area (Å²) in [4.78, 5) is 15.4. The number of carbonyl (C=O) groups is 1. The number of amides is 2. The molecule has 1 N–H and O–H groups in total. The molecule has 7 nitrogen and oxygen atoms in total. The highest BCUT2D eigenvalue weighted by Gasteiger charge is 2.60. The Labute approximate surface area is 191 Å². The molecule has 11 heteroatoms. The number of benzene rings is 2. The van der Waals surface area contributed by atoms with Crippen molar-refractivity contribution in [2.45, 2.75) is 24.2 Å². The Kier molecular flexibility index (Phi) is 5.92. The van der Waals surface area contributed by atoms with Gasteiger partial charge in [-0.1, -0.05) is 30.3 Å². The molecule has 2 aromatic rings. The Hall–Kier alpha value is -2.63. The number of carbonyl (C=O) groups excluding carboxylic acids is 1. The standard InChI is InChI=1S/C22H25F3N4O3S/c1-27(2)21(30)29-13-22(25)12-28(3)33(31,32)26-20(22)18(29)11-15-7-5-9-17(19(15)24)14-6-4-8-16(23)10-14/h4-10,18,20,26H,11-13H2,1-3H3/t18-,20+,22?/m0/s1.